The first-order chi connectivity index (χ1) is 13.0. The third-order valence-electron chi connectivity index (χ3n) is 5.26. The lowest BCUT2D eigenvalue weighted by Crippen LogP contribution is -2.49. The SMILES string of the molecule is COc1ccc(C2Cc3ccc(N4CCN[C@@H](C)C4)cc3C(=O)O2)c(F)c1. The summed E-state index contributed by atoms with van der Waals surface area (Å²) in [7, 11) is 1.49. The van der Waals surface area contributed by atoms with Gasteiger partial charge in [0.25, 0.3) is 0 Å². The van der Waals surface area contributed by atoms with Crippen LogP contribution in [0.5, 0.6) is 5.75 Å². The van der Waals surface area contributed by atoms with Crippen molar-refractivity contribution in [3.05, 3.63) is 58.9 Å². The number of nitrogens with one attached hydrogen (secondary N) is 1. The molecule has 0 spiro atoms. The summed E-state index contributed by atoms with van der Waals surface area (Å²) in [5.41, 5.74) is 2.85. The van der Waals surface area contributed by atoms with E-state index in [1.54, 1.807) is 12.1 Å². The molecule has 1 unspecified atom stereocenters. The molecule has 2 aliphatic heterocycles. The molecule has 6 heteroatoms. The van der Waals surface area contributed by atoms with Gasteiger partial charge in [-0.1, -0.05) is 6.07 Å². The minimum Gasteiger partial charge on any atom is -0.497 e. The zero-order valence-electron chi connectivity index (χ0n) is 15.5. The van der Waals surface area contributed by atoms with Gasteiger partial charge in [-0.3, -0.25) is 0 Å². The van der Waals surface area contributed by atoms with Crippen LogP contribution in [0.3, 0.4) is 0 Å². The Morgan fingerprint density at radius 1 is 1.26 bits per heavy atom. The molecule has 2 aliphatic rings. The molecular formula is C21H23FN2O3. The Bertz CT molecular complexity index is 871. The van der Waals surface area contributed by atoms with Crippen LogP contribution in [0, 0.1) is 5.82 Å². The number of fused-ring (bicyclic) bond motifs is 1. The van der Waals surface area contributed by atoms with Crippen LogP contribution in [0.25, 0.3) is 0 Å². The van der Waals surface area contributed by atoms with Crippen LogP contribution in [-0.2, 0) is 11.2 Å². The van der Waals surface area contributed by atoms with Gasteiger partial charge in [0.1, 0.15) is 17.7 Å². The van der Waals surface area contributed by atoms with Crippen molar-refractivity contribution in [2.75, 3.05) is 31.6 Å². The molecule has 1 N–H and O–H groups in total. The molecule has 0 aromatic heterocycles. The smallest absolute Gasteiger partial charge is 0.339 e. The van der Waals surface area contributed by atoms with Gasteiger partial charge in [-0.25, -0.2) is 9.18 Å². The molecular weight excluding hydrogens is 347 g/mol. The van der Waals surface area contributed by atoms with Crippen LogP contribution in [0.4, 0.5) is 10.1 Å². The van der Waals surface area contributed by atoms with Gasteiger partial charge < -0.3 is 19.7 Å². The number of hydrogen-bond donors (Lipinski definition) is 1. The maximum Gasteiger partial charge on any atom is 0.339 e. The normalized spacial score (nSPS) is 22.2. The van der Waals surface area contributed by atoms with E-state index in [-0.39, 0.29) is 0 Å². The van der Waals surface area contributed by atoms with Crippen molar-refractivity contribution in [2.24, 2.45) is 0 Å². The molecule has 2 aromatic rings. The number of anilines is 1. The van der Waals surface area contributed by atoms with Crippen molar-refractivity contribution in [3.8, 4) is 5.75 Å². The quantitative estimate of drug-likeness (QED) is 0.842. The lowest BCUT2D eigenvalue weighted by atomic mass is 9.93. The van der Waals surface area contributed by atoms with Crippen molar-refractivity contribution in [1.29, 1.82) is 0 Å². The Balaban J connectivity index is 1.59. The Kier molecular flexibility index (Phi) is 4.74. The Hall–Kier alpha value is -2.60. The van der Waals surface area contributed by atoms with Gasteiger partial charge in [-0.05, 0) is 36.8 Å². The fourth-order valence-electron chi connectivity index (χ4n) is 3.80. The highest BCUT2D eigenvalue weighted by Gasteiger charge is 2.30. The number of hydrogen-bond acceptors (Lipinski definition) is 5. The minimum atomic E-state index is -0.624. The van der Waals surface area contributed by atoms with E-state index in [1.807, 2.05) is 18.2 Å². The van der Waals surface area contributed by atoms with Crippen LogP contribution < -0.4 is 15.0 Å². The van der Waals surface area contributed by atoms with Gasteiger partial charge in [0.2, 0.25) is 0 Å². The topological polar surface area (TPSA) is 50.8 Å². The van der Waals surface area contributed by atoms with Crippen molar-refractivity contribution in [1.82, 2.24) is 5.32 Å². The third-order valence-corrected chi connectivity index (χ3v) is 5.26. The van der Waals surface area contributed by atoms with E-state index in [0.29, 0.717) is 29.3 Å². The molecule has 0 saturated carbocycles. The predicted molar refractivity (Wildman–Crippen MR) is 101 cm³/mol. The first-order valence-electron chi connectivity index (χ1n) is 9.21. The second kappa shape index (κ2) is 7.19. The number of rotatable bonds is 3. The van der Waals surface area contributed by atoms with Gasteiger partial charge in [0.15, 0.2) is 0 Å². The molecule has 1 saturated heterocycles. The first-order valence-corrected chi connectivity index (χ1v) is 9.21. The summed E-state index contributed by atoms with van der Waals surface area (Å²) in [6, 6.07) is 10.9. The number of halogens is 1. The van der Waals surface area contributed by atoms with Crippen LogP contribution >= 0.6 is 0 Å². The molecule has 4 rings (SSSR count). The molecule has 2 aromatic carbocycles. The molecule has 27 heavy (non-hydrogen) atoms. The molecule has 1 fully saturated rings. The summed E-state index contributed by atoms with van der Waals surface area (Å²) >= 11 is 0. The summed E-state index contributed by atoms with van der Waals surface area (Å²) in [4.78, 5) is 14.9. The second-order valence-electron chi connectivity index (χ2n) is 7.13. The number of piperazine rings is 1. The number of ether oxygens (including phenoxy) is 2. The number of nitrogens with zero attached hydrogens (tertiary/aromatic N) is 1. The molecule has 0 radical (unpaired) electrons. The van der Waals surface area contributed by atoms with Crippen molar-refractivity contribution in [3.63, 3.8) is 0 Å². The predicted octanol–water partition coefficient (Wildman–Crippen LogP) is 3.09. The van der Waals surface area contributed by atoms with E-state index in [2.05, 4.69) is 17.1 Å². The minimum absolute atomic E-state index is 0.370. The van der Waals surface area contributed by atoms with Crippen LogP contribution in [0.2, 0.25) is 0 Å². The van der Waals surface area contributed by atoms with Gasteiger partial charge in [-0.2, -0.15) is 0 Å². The maximum atomic E-state index is 14.4. The van der Waals surface area contributed by atoms with E-state index >= 15 is 0 Å². The number of carbonyl (C=O) groups excluding carboxylic acids is 1. The molecule has 5 nitrogen and oxygen atoms in total. The average molecular weight is 370 g/mol. The highest BCUT2D eigenvalue weighted by atomic mass is 19.1. The summed E-state index contributed by atoms with van der Waals surface area (Å²) in [6.45, 7) is 4.86. The fraction of sp³-hybridized carbons (Fsp3) is 0.381. The van der Waals surface area contributed by atoms with E-state index in [0.717, 1.165) is 30.9 Å². The lowest BCUT2D eigenvalue weighted by Gasteiger charge is -2.34. The summed E-state index contributed by atoms with van der Waals surface area (Å²) in [5, 5.41) is 3.41. The van der Waals surface area contributed by atoms with E-state index in [9.17, 15) is 9.18 Å². The average Bonchev–Trinajstić information content (AvgIpc) is 2.67. The van der Waals surface area contributed by atoms with Crippen molar-refractivity contribution in [2.45, 2.75) is 25.5 Å². The fourth-order valence-corrected chi connectivity index (χ4v) is 3.80. The van der Waals surface area contributed by atoms with Crippen molar-refractivity contribution < 1.29 is 18.7 Å². The van der Waals surface area contributed by atoms with Gasteiger partial charge >= 0.3 is 5.97 Å². The number of cyclic esters (lactones) is 1. The lowest BCUT2D eigenvalue weighted by molar-refractivity contribution is 0.0245. The van der Waals surface area contributed by atoms with Crippen LogP contribution in [0.15, 0.2) is 36.4 Å². The van der Waals surface area contributed by atoms with Gasteiger partial charge in [0, 0.05) is 49.4 Å². The highest BCUT2D eigenvalue weighted by molar-refractivity contribution is 5.93. The van der Waals surface area contributed by atoms with Crippen LogP contribution in [0.1, 0.15) is 34.5 Å². The summed E-state index contributed by atoms with van der Waals surface area (Å²) in [6.07, 6.45) is -0.163. The standard InChI is InChI=1S/C21H23FN2O3/c1-13-12-24(8-7-23-13)15-4-3-14-9-20(27-21(25)18(14)10-15)17-6-5-16(26-2)11-19(17)22/h3-6,10-11,13,20,23H,7-9,12H2,1-2H3/t13-,20?/m0/s1. The Labute approximate surface area is 158 Å². The molecule has 0 bridgehead atoms. The molecule has 0 amide bonds. The number of methoxy groups -OCH3 is 1. The molecule has 142 valence electrons. The maximum absolute atomic E-state index is 14.4. The van der Waals surface area contributed by atoms with E-state index < -0.39 is 17.9 Å². The monoisotopic (exact) mass is 370 g/mol. The van der Waals surface area contributed by atoms with Gasteiger partial charge in [0.05, 0.1) is 12.7 Å². The van der Waals surface area contributed by atoms with Crippen molar-refractivity contribution >= 4 is 11.7 Å². The number of esters is 1. The van der Waals surface area contributed by atoms with E-state index in [4.69, 9.17) is 9.47 Å². The first kappa shape index (κ1) is 17.8. The number of benzene rings is 2. The van der Waals surface area contributed by atoms with Gasteiger partial charge in [-0.15, -0.1) is 0 Å². The molecule has 2 heterocycles. The highest BCUT2D eigenvalue weighted by Crippen LogP contribution is 2.34. The molecule has 0 aliphatic carbocycles. The Morgan fingerprint density at radius 3 is 2.85 bits per heavy atom. The largest absolute Gasteiger partial charge is 0.497 e. The molecule has 2 atom stereocenters. The third kappa shape index (κ3) is 3.49. The number of carbonyl (C=O) groups is 1. The zero-order valence-corrected chi connectivity index (χ0v) is 15.5. The summed E-state index contributed by atoms with van der Waals surface area (Å²) < 4.78 is 25.0. The zero-order chi connectivity index (χ0) is 19.0. The summed E-state index contributed by atoms with van der Waals surface area (Å²) in [5.74, 6) is -0.391. The Morgan fingerprint density at radius 2 is 2.11 bits per heavy atom. The second-order valence-corrected chi connectivity index (χ2v) is 7.13. The van der Waals surface area contributed by atoms with E-state index in [1.165, 1.54) is 13.2 Å². The van der Waals surface area contributed by atoms with Crippen LogP contribution in [-0.4, -0.2) is 38.8 Å².